The average molecular weight is 253 g/mol. The van der Waals surface area contributed by atoms with Gasteiger partial charge >= 0.3 is 0 Å². The number of allylic oxidation sites excluding steroid dienone is 1. The third-order valence-corrected chi connectivity index (χ3v) is 3.24. The summed E-state index contributed by atoms with van der Waals surface area (Å²) in [4.78, 5) is 4.01. The van der Waals surface area contributed by atoms with Crippen LogP contribution in [0.5, 0.6) is 0 Å². The van der Waals surface area contributed by atoms with Crippen molar-refractivity contribution < 1.29 is 0 Å². The molecule has 0 fully saturated rings. The van der Waals surface area contributed by atoms with Gasteiger partial charge in [-0.25, -0.2) is 0 Å². The van der Waals surface area contributed by atoms with Crippen molar-refractivity contribution in [2.75, 3.05) is 7.05 Å². The summed E-state index contributed by atoms with van der Waals surface area (Å²) in [7, 11) is 1.98. The Morgan fingerprint density at radius 3 is 2.94 bits per heavy atom. The Morgan fingerprint density at radius 1 is 1.47 bits per heavy atom. The summed E-state index contributed by atoms with van der Waals surface area (Å²) < 4.78 is 0. The van der Waals surface area contributed by atoms with Crippen LogP contribution in [0, 0.1) is 0 Å². The van der Waals surface area contributed by atoms with Gasteiger partial charge in [-0.1, -0.05) is 30.5 Å². The highest BCUT2D eigenvalue weighted by molar-refractivity contribution is 6.31. The first-order chi connectivity index (χ1) is 8.29. The quantitative estimate of drug-likeness (QED) is 0.556. The standard InChI is InChI=1S/C14H21ClN2/c1-3-4-5-6-7-8-14(16-2)12-9-10-17-11-13(12)15/h3,9-11,14,16H,1,4-8H2,2H3. The predicted octanol–water partition coefficient (Wildman–Crippen LogP) is 4.13. The van der Waals surface area contributed by atoms with Crippen molar-refractivity contribution in [1.82, 2.24) is 10.3 Å². The molecule has 1 unspecified atom stereocenters. The first-order valence-electron chi connectivity index (χ1n) is 6.17. The van der Waals surface area contributed by atoms with Crippen LogP contribution in [0.1, 0.15) is 43.7 Å². The Balaban J connectivity index is 2.43. The van der Waals surface area contributed by atoms with E-state index in [0.29, 0.717) is 6.04 Å². The fourth-order valence-corrected chi connectivity index (χ4v) is 2.19. The fraction of sp³-hybridized carbons (Fsp3) is 0.500. The van der Waals surface area contributed by atoms with E-state index in [9.17, 15) is 0 Å². The molecule has 0 saturated carbocycles. The first kappa shape index (κ1) is 14.2. The third-order valence-electron chi connectivity index (χ3n) is 2.93. The SMILES string of the molecule is C=CCCCCCC(NC)c1ccncc1Cl. The maximum absolute atomic E-state index is 6.14. The molecule has 2 nitrogen and oxygen atoms in total. The Labute approximate surface area is 109 Å². The third kappa shape index (κ3) is 4.88. The van der Waals surface area contributed by atoms with Crippen molar-refractivity contribution >= 4 is 11.6 Å². The van der Waals surface area contributed by atoms with E-state index in [2.05, 4.69) is 16.9 Å². The lowest BCUT2D eigenvalue weighted by Gasteiger charge is -2.17. The Morgan fingerprint density at radius 2 is 2.29 bits per heavy atom. The highest BCUT2D eigenvalue weighted by Crippen LogP contribution is 2.25. The summed E-state index contributed by atoms with van der Waals surface area (Å²) in [5, 5.41) is 4.07. The lowest BCUT2D eigenvalue weighted by Crippen LogP contribution is -2.16. The summed E-state index contributed by atoms with van der Waals surface area (Å²) in [6.45, 7) is 3.73. The Hall–Kier alpha value is -0.860. The van der Waals surface area contributed by atoms with Gasteiger partial charge in [0.1, 0.15) is 0 Å². The minimum absolute atomic E-state index is 0.328. The van der Waals surface area contributed by atoms with Crippen LogP contribution in [0.3, 0.4) is 0 Å². The number of rotatable bonds is 8. The van der Waals surface area contributed by atoms with E-state index in [1.807, 2.05) is 19.2 Å². The number of aromatic nitrogens is 1. The van der Waals surface area contributed by atoms with Gasteiger partial charge in [0.25, 0.3) is 0 Å². The van der Waals surface area contributed by atoms with E-state index in [1.165, 1.54) is 19.3 Å². The number of unbranched alkanes of at least 4 members (excludes halogenated alkanes) is 3. The van der Waals surface area contributed by atoms with Crippen molar-refractivity contribution in [3.63, 3.8) is 0 Å². The van der Waals surface area contributed by atoms with Crippen LogP contribution in [-0.2, 0) is 0 Å². The molecule has 0 aliphatic rings. The maximum Gasteiger partial charge on any atom is 0.0637 e. The summed E-state index contributed by atoms with van der Waals surface area (Å²) in [6, 6.07) is 2.32. The van der Waals surface area contributed by atoms with E-state index in [0.717, 1.165) is 23.4 Å². The maximum atomic E-state index is 6.14. The lowest BCUT2D eigenvalue weighted by molar-refractivity contribution is 0.507. The van der Waals surface area contributed by atoms with Crippen LogP contribution in [0.2, 0.25) is 5.02 Å². The van der Waals surface area contributed by atoms with Gasteiger partial charge in [0.05, 0.1) is 5.02 Å². The van der Waals surface area contributed by atoms with Crippen LogP contribution >= 0.6 is 11.6 Å². The van der Waals surface area contributed by atoms with Crippen LogP contribution in [0.15, 0.2) is 31.1 Å². The van der Waals surface area contributed by atoms with Gasteiger partial charge in [-0.15, -0.1) is 6.58 Å². The summed E-state index contributed by atoms with van der Waals surface area (Å²) in [5.41, 5.74) is 1.15. The molecule has 3 heteroatoms. The van der Waals surface area contributed by atoms with Gasteiger partial charge in [0.15, 0.2) is 0 Å². The number of pyridine rings is 1. The van der Waals surface area contributed by atoms with Crippen molar-refractivity contribution in [1.29, 1.82) is 0 Å². The zero-order valence-electron chi connectivity index (χ0n) is 10.5. The largest absolute Gasteiger partial charge is 0.313 e. The Bertz CT molecular complexity index is 339. The van der Waals surface area contributed by atoms with Gasteiger partial charge < -0.3 is 5.32 Å². The molecule has 0 aromatic carbocycles. The van der Waals surface area contributed by atoms with E-state index < -0.39 is 0 Å². The smallest absolute Gasteiger partial charge is 0.0637 e. The molecule has 0 amide bonds. The molecule has 0 aliphatic carbocycles. The second kappa shape index (κ2) is 8.26. The minimum atomic E-state index is 0.328. The summed E-state index contributed by atoms with van der Waals surface area (Å²) in [6.07, 6.45) is 11.4. The first-order valence-corrected chi connectivity index (χ1v) is 6.55. The van der Waals surface area contributed by atoms with Crippen molar-refractivity contribution in [3.8, 4) is 0 Å². The molecule has 0 spiro atoms. The van der Waals surface area contributed by atoms with Gasteiger partial charge in [0.2, 0.25) is 0 Å². The number of nitrogens with one attached hydrogen (secondary N) is 1. The number of nitrogens with zero attached hydrogens (tertiary/aromatic N) is 1. The molecule has 0 bridgehead atoms. The molecule has 94 valence electrons. The number of hydrogen-bond acceptors (Lipinski definition) is 2. The van der Waals surface area contributed by atoms with Crippen LogP contribution in [0.4, 0.5) is 0 Å². The lowest BCUT2D eigenvalue weighted by atomic mass is 10.0. The molecule has 1 atom stereocenters. The minimum Gasteiger partial charge on any atom is -0.313 e. The van der Waals surface area contributed by atoms with Gasteiger partial charge in [-0.3, -0.25) is 4.98 Å². The molecular weight excluding hydrogens is 232 g/mol. The topological polar surface area (TPSA) is 24.9 Å². The zero-order chi connectivity index (χ0) is 12.5. The van der Waals surface area contributed by atoms with E-state index >= 15 is 0 Å². The highest BCUT2D eigenvalue weighted by atomic mass is 35.5. The number of hydrogen-bond donors (Lipinski definition) is 1. The molecule has 1 N–H and O–H groups in total. The van der Waals surface area contributed by atoms with Crippen LogP contribution < -0.4 is 5.32 Å². The van der Waals surface area contributed by atoms with E-state index in [1.54, 1.807) is 12.4 Å². The predicted molar refractivity (Wildman–Crippen MR) is 74.3 cm³/mol. The molecular formula is C14H21ClN2. The summed E-state index contributed by atoms with van der Waals surface area (Å²) in [5.74, 6) is 0. The monoisotopic (exact) mass is 252 g/mol. The Kier molecular flexibility index (Phi) is 6.90. The van der Waals surface area contributed by atoms with E-state index in [4.69, 9.17) is 11.6 Å². The second-order valence-corrected chi connectivity index (χ2v) is 4.57. The zero-order valence-corrected chi connectivity index (χ0v) is 11.2. The second-order valence-electron chi connectivity index (χ2n) is 4.17. The van der Waals surface area contributed by atoms with E-state index in [-0.39, 0.29) is 0 Å². The molecule has 0 radical (unpaired) electrons. The van der Waals surface area contributed by atoms with Crippen LogP contribution in [0.25, 0.3) is 0 Å². The molecule has 1 rings (SSSR count). The van der Waals surface area contributed by atoms with Crippen molar-refractivity contribution in [2.24, 2.45) is 0 Å². The summed E-state index contributed by atoms with van der Waals surface area (Å²) >= 11 is 6.14. The fourth-order valence-electron chi connectivity index (χ4n) is 1.94. The normalized spacial score (nSPS) is 12.4. The van der Waals surface area contributed by atoms with Crippen molar-refractivity contribution in [3.05, 3.63) is 41.7 Å². The molecule has 0 saturated heterocycles. The van der Waals surface area contributed by atoms with Crippen molar-refractivity contribution in [2.45, 2.75) is 38.1 Å². The van der Waals surface area contributed by atoms with Crippen LogP contribution in [-0.4, -0.2) is 12.0 Å². The molecule has 0 aliphatic heterocycles. The van der Waals surface area contributed by atoms with Gasteiger partial charge in [-0.2, -0.15) is 0 Å². The molecule has 1 aromatic rings. The molecule has 17 heavy (non-hydrogen) atoms. The molecule has 1 aromatic heterocycles. The average Bonchev–Trinajstić information content (AvgIpc) is 2.35. The van der Waals surface area contributed by atoms with Gasteiger partial charge in [0, 0.05) is 18.4 Å². The highest BCUT2D eigenvalue weighted by Gasteiger charge is 2.11. The van der Waals surface area contributed by atoms with Gasteiger partial charge in [-0.05, 0) is 37.9 Å². The number of halogens is 1. The molecule has 1 heterocycles.